The highest BCUT2D eigenvalue weighted by atomic mass is 32.1. The van der Waals surface area contributed by atoms with Gasteiger partial charge in [-0.25, -0.2) is 0 Å². The van der Waals surface area contributed by atoms with Crippen molar-refractivity contribution in [3.05, 3.63) is 71.8 Å². The van der Waals surface area contributed by atoms with E-state index in [4.69, 9.17) is 0 Å². The van der Waals surface area contributed by atoms with Gasteiger partial charge in [-0.05, 0) is 36.8 Å². The van der Waals surface area contributed by atoms with Gasteiger partial charge in [0.1, 0.15) is 0 Å². The molecule has 0 bridgehead atoms. The van der Waals surface area contributed by atoms with Crippen molar-refractivity contribution in [3.8, 4) is 0 Å². The largest absolute Gasteiger partial charge is 0.392 e. The quantitative estimate of drug-likeness (QED) is 0.670. The van der Waals surface area contributed by atoms with Crippen LogP contribution in [0.2, 0.25) is 0 Å². The van der Waals surface area contributed by atoms with Gasteiger partial charge in [-0.1, -0.05) is 60.7 Å². The van der Waals surface area contributed by atoms with Gasteiger partial charge >= 0.3 is 0 Å². The van der Waals surface area contributed by atoms with E-state index in [0.29, 0.717) is 19.3 Å². The molecule has 2 nitrogen and oxygen atoms in total. The normalized spacial score (nSPS) is 13.5. The highest BCUT2D eigenvalue weighted by Crippen LogP contribution is 2.28. The summed E-state index contributed by atoms with van der Waals surface area (Å²) in [6.45, 7) is 0. The Kier molecular flexibility index (Phi) is 7.37. The first-order valence-electron chi connectivity index (χ1n) is 8.15. The van der Waals surface area contributed by atoms with Crippen LogP contribution in [0.1, 0.15) is 42.7 Å². The third-order valence-electron chi connectivity index (χ3n) is 4.17. The molecule has 122 valence electrons. The fraction of sp³-hybridized carbons (Fsp3) is 0.350. The van der Waals surface area contributed by atoms with Crippen LogP contribution in [-0.2, 0) is 11.2 Å². The summed E-state index contributed by atoms with van der Waals surface area (Å²) in [4.78, 5) is 11.0. The first-order valence-corrected chi connectivity index (χ1v) is 8.60. The summed E-state index contributed by atoms with van der Waals surface area (Å²) >= 11 is 3.79. The Labute approximate surface area is 144 Å². The van der Waals surface area contributed by atoms with Gasteiger partial charge in [0.05, 0.1) is 6.10 Å². The lowest BCUT2D eigenvalue weighted by atomic mass is 9.86. The van der Waals surface area contributed by atoms with E-state index in [1.807, 2.05) is 36.4 Å². The fourth-order valence-electron chi connectivity index (χ4n) is 2.91. The van der Waals surface area contributed by atoms with Crippen LogP contribution < -0.4 is 0 Å². The first-order chi connectivity index (χ1) is 11.2. The topological polar surface area (TPSA) is 37.3 Å². The highest BCUT2D eigenvalue weighted by Gasteiger charge is 2.20. The van der Waals surface area contributed by atoms with Gasteiger partial charge < -0.3 is 5.11 Å². The summed E-state index contributed by atoms with van der Waals surface area (Å²) in [5.74, 6) is 0.0893. The Morgan fingerprint density at radius 2 is 1.57 bits per heavy atom. The van der Waals surface area contributed by atoms with Crippen LogP contribution in [0.15, 0.2) is 60.7 Å². The van der Waals surface area contributed by atoms with Gasteiger partial charge in [0.2, 0.25) is 0 Å². The zero-order valence-corrected chi connectivity index (χ0v) is 14.2. The number of carbonyl (C=O) groups is 1. The van der Waals surface area contributed by atoms with E-state index in [9.17, 15) is 9.90 Å². The van der Waals surface area contributed by atoms with Crippen LogP contribution in [0.5, 0.6) is 0 Å². The van der Waals surface area contributed by atoms with Crippen molar-refractivity contribution in [1.29, 1.82) is 0 Å². The van der Waals surface area contributed by atoms with Crippen LogP contribution in [0.25, 0.3) is 0 Å². The number of carbonyl (C=O) groups excluding carboxylic acids is 1. The SMILES string of the molecule is O=C(S)CCC[C@@H](O)[C@H](CCc1ccccc1)c1ccccc1. The van der Waals surface area contributed by atoms with E-state index >= 15 is 0 Å². The molecular weight excluding hydrogens is 304 g/mol. The second-order valence-corrected chi connectivity index (χ2v) is 6.39. The van der Waals surface area contributed by atoms with Gasteiger partial charge in [-0.3, -0.25) is 4.79 Å². The molecule has 0 amide bonds. The van der Waals surface area contributed by atoms with Gasteiger partial charge in [0, 0.05) is 12.3 Å². The lowest BCUT2D eigenvalue weighted by molar-refractivity contribution is -0.111. The standard InChI is InChI=1S/C20H24O2S/c21-19(12-7-13-20(22)23)18(17-10-5-2-6-11-17)15-14-16-8-3-1-4-9-16/h1-6,8-11,18-19,21H,7,12-15H2,(H,22,23)/t18-,19-/m1/s1. The van der Waals surface area contributed by atoms with Crippen molar-refractivity contribution >= 4 is 17.7 Å². The zero-order valence-electron chi connectivity index (χ0n) is 13.3. The lowest BCUT2D eigenvalue weighted by Gasteiger charge is -2.23. The minimum absolute atomic E-state index is 0.0893. The molecule has 2 aromatic carbocycles. The van der Waals surface area contributed by atoms with E-state index in [2.05, 4.69) is 36.9 Å². The molecule has 0 aliphatic heterocycles. The van der Waals surface area contributed by atoms with Crippen LogP contribution >= 0.6 is 12.6 Å². The molecule has 0 unspecified atom stereocenters. The summed E-state index contributed by atoms with van der Waals surface area (Å²) in [5, 5.41) is 10.5. The number of hydrogen-bond acceptors (Lipinski definition) is 2. The second kappa shape index (κ2) is 9.53. The Morgan fingerprint density at radius 3 is 2.17 bits per heavy atom. The highest BCUT2D eigenvalue weighted by molar-refractivity contribution is 7.96. The summed E-state index contributed by atoms with van der Waals surface area (Å²) in [6.07, 6.45) is 3.11. The average Bonchev–Trinajstić information content (AvgIpc) is 2.56. The minimum Gasteiger partial charge on any atom is -0.392 e. The zero-order chi connectivity index (χ0) is 16.5. The summed E-state index contributed by atoms with van der Waals surface area (Å²) in [6, 6.07) is 20.5. The predicted octanol–water partition coefficient (Wildman–Crippen LogP) is 4.39. The molecule has 2 rings (SSSR count). The molecule has 1 N–H and O–H groups in total. The number of aliphatic hydroxyl groups excluding tert-OH is 1. The van der Waals surface area contributed by atoms with Crippen LogP contribution in [-0.4, -0.2) is 16.3 Å². The van der Waals surface area contributed by atoms with Crippen LogP contribution in [0.3, 0.4) is 0 Å². The molecule has 0 aliphatic rings. The molecule has 0 aliphatic carbocycles. The Bertz CT molecular complexity index is 583. The van der Waals surface area contributed by atoms with E-state index in [0.717, 1.165) is 18.4 Å². The van der Waals surface area contributed by atoms with Crippen molar-refractivity contribution in [1.82, 2.24) is 0 Å². The molecule has 0 saturated heterocycles. The third-order valence-corrected chi connectivity index (χ3v) is 4.39. The van der Waals surface area contributed by atoms with Crippen molar-refractivity contribution in [3.63, 3.8) is 0 Å². The number of rotatable bonds is 9. The molecule has 0 fully saturated rings. The fourth-order valence-corrected chi connectivity index (χ4v) is 3.07. The summed E-state index contributed by atoms with van der Waals surface area (Å²) in [5.41, 5.74) is 2.44. The monoisotopic (exact) mass is 328 g/mol. The first kappa shape index (κ1) is 17.8. The average molecular weight is 328 g/mol. The molecule has 2 atom stereocenters. The lowest BCUT2D eigenvalue weighted by Crippen LogP contribution is -2.19. The number of benzene rings is 2. The van der Waals surface area contributed by atoms with Gasteiger partial charge in [0.25, 0.3) is 0 Å². The number of aliphatic hydroxyl groups is 1. The van der Waals surface area contributed by atoms with Crippen LogP contribution in [0.4, 0.5) is 0 Å². The summed E-state index contributed by atoms with van der Waals surface area (Å²) in [7, 11) is 0. The number of thiol groups is 1. The Hall–Kier alpha value is -1.58. The molecule has 0 saturated carbocycles. The van der Waals surface area contributed by atoms with Crippen molar-refractivity contribution in [2.75, 3.05) is 0 Å². The number of hydrogen-bond donors (Lipinski definition) is 2. The van der Waals surface area contributed by atoms with Crippen molar-refractivity contribution < 1.29 is 9.90 Å². The molecule has 0 heterocycles. The van der Waals surface area contributed by atoms with E-state index in [-0.39, 0.29) is 11.0 Å². The maximum Gasteiger partial charge on any atom is 0.185 e. The maximum absolute atomic E-state index is 11.0. The molecule has 0 radical (unpaired) electrons. The second-order valence-electron chi connectivity index (χ2n) is 5.89. The van der Waals surface area contributed by atoms with Crippen molar-refractivity contribution in [2.45, 2.75) is 44.1 Å². The molecule has 2 aromatic rings. The molecule has 23 heavy (non-hydrogen) atoms. The maximum atomic E-state index is 11.0. The smallest absolute Gasteiger partial charge is 0.185 e. The van der Waals surface area contributed by atoms with E-state index < -0.39 is 6.10 Å². The molecule has 0 aromatic heterocycles. The molecule has 0 spiro atoms. The third kappa shape index (κ3) is 6.20. The Morgan fingerprint density at radius 1 is 0.957 bits per heavy atom. The summed E-state index contributed by atoms with van der Waals surface area (Å²) < 4.78 is 0. The van der Waals surface area contributed by atoms with Crippen molar-refractivity contribution in [2.24, 2.45) is 0 Å². The van der Waals surface area contributed by atoms with E-state index in [1.54, 1.807) is 0 Å². The van der Waals surface area contributed by atoms with Crippen LogP contribution in [0, 0.1) is 0 Å². The number of aryl methyl sites for hydroxylation is 1. The predicted molar refractivity (Wildman–Crippen MR) is 97.8 cm³/mol. The minimum atomic E-state index is -0.436. The van der Waals surface area contributed by atoms with Gasteiger partial charge in [0.15, 0.2) is 5.12 Å². The van der Waals surface area contributed by atoms with E-state index in [1.165, 1.54) is 5.56 Å². The molecule has 3 heteroatoms. The van der Waals surface area contributed by atoms with Gasteiger partial charge in [-0.2, -0.15) is 0 Å². The Balaban J connectivity index is 2.01. The van der Waals surface area contributed by atoms with Gasteiger partial charge in [-0.15, -0.1) is 12.6 Å². The molecular formula is C20H24O2S.